The Kier molecular flexibility index (Phi) is 5.72. The number of esters is 1. The zero-order valence-corrected chi connectivity index (χ0v) is 18.3. The Morgan fingerprint density at radius 1 is 1.10 bits per heavy atom. The third kappa shape index (κ3) is 4.22. The fourth-order valence-corrected chi connectivity index (χ4v) is 6.23. The van der Waals surface area contributed by atoms with Crippen molar-refractivity contribution in [1.82, 2.24) is 0 Å². The van der Waals surface area contributed by atoms with Gasteiger partial charge in [-0.1, -0.05) is 13.8 Å². The largest absolute Gasteiger partial charge is 0.490 e. The van der Waals surface area contributed by atoms with Crippen molar-refractivity contribution < 1.29 is 14.3 Å². The first kappa shape index (κ1) is 20.4. The zero-order valence-electron chi connectivity index (χ0n) is 18.3. The predicted octanol–water partition coefficient (Wildman–Crippen LogP) is 5.67. The molecule has 4 heteroatoms. The average molecular weight is 398 g/mol. The van der Waals surface area contributed by atoms with Gasteiger partial charge in [-0.3, -0.25) is 9.79 Å². The number of ether oxygens (including phenoxy) is 2. The third-order valence-electron chi connectivity index (χ3n) is 7.37. The lowest BCUT2D eigenvalue weighted by Gasteiger charge is -2.58. The molecule has 1 aromatic rings. The fraction of sp³-hybridized carbons (Fsp3) is 0.680. The monoisotopic (exact) mass is 397 g/mol. The summed E-state index contributed by atoms with van der Waals surface area (Å²) in [5.74, 6) is 3.49. The van der Waals surface area contributed by atoms with Crippen LogP contribution in [0, 0.1) is 29.1 Å². The van der Waals surface area contributed by atoms with Crippen LogP contribution in [0.5, 0.6) is 11.5 Å². The maximum absolute atomic E-state index is 12.0. The summed E-state index contributed by atoms with van der Waals surface area (Å²) >= 11 is 0. The molecule has 0 heterocycles. The number of benzene rings is 1. The third-order valence-corrected chi connectivity index (χ3v) is 7.37. The van der Waals surface area contributed by atoms with Crippen LogP contribution in [0.3, 0.4) is 0 Å². The second kappa shape index (κ2) is 8.12. The van der Waals surface area contributed by atoms with E-state index in [1.54, 1.807) is 0 Å². The predicted molar refractivity (Wildman–Crippen MR) is 116 cm³/mol. The molecule has 4 bridgehead atoms. The van der Waals surface area contributed by atoms with E-state index in [1.165, 1.54) is 38.5 Å². The fourth-order valence-electron chi connectivity index (χ4n) is 6.23. The highest BCUT2D eigenvalue weighted by Crippen LogP contribution is 2.61. The molecule has 1 atom stereocenters. The minimum Gasteiger partial charge on any atom is -0.490 e. The number of aliphatic imine (C=N–C) groups is 1. The van der Waals surface area contributed by atoms with E-state index in [-0.39, 0.29) is 11.9 Å². The van der Waals surface area contributed by atoms with Crippen molar-refractivity contribution >= 4 is 12.2 Å². The van der Waals surface area contributed by atoms with Crippen LogP contribution in [0.25, 0.3) is 0 Å². The van der Waals surface area contributed by atoms with Crippen LogP contribution < -0.4 is 9.47 Å². The molecular formula is C25H35NO3. The number of carbonyl (C=O) groups excluding carboxylic acids is 1. The molecule has 0 N–H and O–H groups in total. The van der Waals surface area contributed by atoms with Crippen LogP contribution in [-0.4, -0.2) is 24.8 Å². The summed E-state index contributed by atoms with van der Waals surface area (Å²) in [5.41, 5.74) is 1.41. The van der Waals surface area contributed by atoms with Gasteiger partial charge in [0.2, 0.25) is 0 Å². The van der Waals surface area contributed by atoms with Crippen LogP contribution in [0.2, 0.25) is 0 Å². The lowest BCUT2D eigenvalue weighted by molar-refractivity contribution is -0.137. The SMILES string of the molecule is CCOc1cc(C=NC(C)C23CC4CC(CC(C4)C2)C3)ccc1OC(=O)C(C)C. The lowest BCUT2D eigenvalue weighted by atomic mass is 9.48. The van der Waals surface area contributed by atoms with Crippen LogP contribution in [-0.2, 0) is 4.79 Å². The summed E-state index contributed by atoms with van der Waals surface area (Å²) in [5, 5.41) is 0. The first-order valence-corrected chi connectivity index (χ1v) is 11.4. The minimum atomic E-state index is -0.247. The number of hydrogen-bond donors (Lipinski definition) is 0. The van der Waals surface area contributed by atoms with Crippen molar-refractivity contribution in [2.75, 3.05) is 6.61 Å². The molecule has 1 aromatic carbocycles. The molecule has 0 amide bonds. The Morgan fingerprint density at radius 3 is 2.28 bits per heavy atom. The van der Waals surface area contributed by atoms with Gasteiger partial charge in [-0.25, -0.2) is 0 Å². The van der Waals surface area contributed by atoms with E-state index in [9.17, 15) is 4.79 Å². The minimum absolute atomic E-state index is 0.174. The molecular weight excluding hydrogens is 362 g/mol. The second-order valence-corrected chi connectivity index (χ2v) is 9.95. The smallest absolute Gasteiger partial charge is 0.313 e. The van der Waals surface area contributed by atoms with Crippen molar-refractivity contribution in [3.63, 3.8) is 0 Å². The van der Waals surface area contributed by atoms with Gasteiger partial charge in [0.05, 0.1) is 18.6 Å². The van der Waals surface area contributed by atoms with E-state index < -0.39 is 0 Å². The summed E-state index contributed by atoms with van der Waals surface area (Å²) in [6, 6.07) is 6.07. The molecule has 0 spiro atoms. The van der Waals surface area contributed by atoms with Crippen LogP contribution in [0.4, 0.5) is 0 Å². The highest BCUT2D eigenvalue weighted by molar-refractivity contribution is 5.82. The molecule has 4 aliphatic rings. The zero-order chi connectivity index (χ0) is 20.6. The highest BCUT2D eigenvalue weighted by Gasteiger charge is 2.53. The van der Waals surface area contributed by atoms with Crippen LogP contribution in [0.1, 0.15) is 71.8 Å². The molecule has 4 fully saturated rings. The quantitative estimate of drug-likeness (QED) is 0.338. The number of hydrogen-bond acceptors (Lipinski definition) is 4. The summed E-state index contributed by atoms with van der Waals surface area (Å²) in [6.45, 7) is 8.43. The molecule has 0 saturated heterocycles. The Morgan fingerprint density at radius 2 is 1.72 bits per heavy atom. The normalized spacial score (nSPS) is 31.4. The van der Waals surface area contributed by atoms with E-state index in [4.69, 9.17) is 14.5 Å². The molecule has 1 unspecified atom stereocenters. The highest BCUT2D eigenvalue weighted by atomic mass is 16.6. The van der Waals surface area contributed by atoms with Gasteiger partial charge in [-0.05, 0) is 99.3 Å². The Bertz CT molecular complexity index is 747. The van der Waals surface area contributed by atoms with E-state index in [1.807, 2.05) is 45.2 Å². The summed E-state index contributed by atoms with van der Waals surface area (Å²) in [4.78, 5) is 17.0. The average Bonchev–Trinajstić information content (AvgIpc) is 2.66. The van der Waals surface area contributed by atoms with E-state index in [0.29, 0.717) is 29.6 Å². The standard InChI is InChI=1S/C25H35NO3/c1-5-28-23-11-18(6-7-22(23)29-24(27)16(2)3)15-26-17(4)25-12-19-8-20(13-25)10-21(9-19)14-25/h6-7,11,15-17,19-21H,5,8-10,12-14H2,1-4H3. The van der Waals surface area contributed by atoms with E-state index in [0.717, 1.165) is 23.3 Å². The summed E-state index contributed by atoms with van der Waals surface area (Å²) in [6.07, 6.45) is 10.5. The molecule has 4 saturated carbocycles. The Balaban J connectivity index is 1.49. The van der Waals surface area contributed by atoms with Crippen molar-refractivity contribution in [2.45, 2.75) is 72.3 Å². The van der Waals surface area contributed by atoms with Gasteiger partial charge in [0.15, 0.2) is 11.5 Å². The van der Waals surface area contributed by atoms with Gasteiger partial charge in [0, 0.05) is 6.21 Å². The number of nitrogens with zero attached hydrogens (tertiary/aromatic N) is 1. The van der Waals surface area contributed by atoms with Gasteiger partial charge >= 0.3 is 5.97 Å². The molecule has 0 aromatic heterocycles. The van der Waals surface area contributed by atoms with Crippen molar-refractivity contribution in [2.24, 2.45) is 34.1 Å². The maximum Gasteiger partial charge on any atom is 0.313 e. The second-order valence-electron chi connectivity index (χ2n) is 9.95. The Labute approximate surface area is 175 Å². The van der Waals surface area contributed by atoms with Gasteiger partial charge in [-0.2, -0.15) is 0 Å². The molecule has 0 aliphatic heterocycles. The van der Waals surface area contributed by atoms with Crippen molar-refractivity contribution in [3.8, 4) is 11.5 Å². The number of rotatable bonds is 7. The van der Waals surface area contributed by atoms with Gasteiger partial charge in [0.25, 0.3) is 0 Å². The number of carbonyl (C=O) groups is 1. The van der Waals surface area contributed by atoms with E-state index >= 15 is 0 Å². The first-order valence-electron chi connectivity index (χ1n) is 11.4. The summed E-state index contributed by atoms with van der Waals surface area (Å²) in [7, 11) is 0. The molecule has 4 nitrogen and oxygen atoms in total. The molecule has 158 valence electrons. The maximum atomic E-state index is 12.0. The lowest BCUT2D eigenvalue weighted by Crippen LogP contribution is -2.50. The Hall–Kier alpha value is -1.84. The molecule has 29 heavy (non-hydrogen) atoms. The molecule has 0 radical (unpaired) electrons. The van der Waals surface area contributed by atoms with Crippen LogP contribution in [0.15, 0.2) is 23.2 Å². The molecule has 5 rings (SSSR count). The summed E-state index contributed by atoms with van der Waals surface area (Å²) < 4.78 is 11.2. The van der Waals surface area contributed by atoms with Crippen LogP contribution >= 0.6 is 0 Å². The first-order chi connectivity index (χ1) is 13.9. The van der Waals surface area contributed by atoms with Gasteiger partial charge < -0.3 is 9.47 Å². The van der Waals surface area contributed by atoms with Crippen molar-refractivity contribution in [3.05, 3.63) is 23.8 Å². The van der Waals surface area contributed by atoms with E-state index in [2.05, 4.69) is 6.92 Å². The topological polar surface area (TPSA) is 47.9 Å². The molecule has 4 aliphatic carbocycles. The van der Waals surface area contributed by atoms with Gasteiger partial charge in [-0.15, -0.1) is 0 Å². The van der Waals surface area contributed by atoms with Crippen molar-refractivity contribution in [1.29, 1.82) is 0 Å². The van der Waals surface area contributed by atoms with Gasteiger partial charge in [0.1, 0.15) is 0 Å².